The Morgan fingerprint density at radius 1 is 1.23 bits per heavy atom. The molecular formula is C14H10N4O4. The summed E-state index contributed by atoms with van der Waals surface area (Å²) < 4.78 is 5.58. The van der Waals surface area contributed by atoms with Gasteiger partial charge in [0.2, 0.25) is 5.89 Å². The Kier molecular flexibility index (Phi) is 3.28. The van der Waals surface area contributed by atoms with Crippen molar-refractivity contribution in [3.63, 3.8) is 0 Å². The fourth-order valence-corrected chi connectivity index (χ4v) is 2.00. The van der Waals surface area contributed by atoms with Gasteiger partial charge in [-0.1, -0.05) is 0 Å². The van der Waals surface area contributed by atoms with E-state index in [4.69, 9.17) is 10.3 Å². The van der Waals surface area contributed by atoms with Crippen LogP contribution in [0.15, 0.2) is 46.9 Å². The molecule has 1 amide bonds. The average molecular weight is 298 g/mol. The first-order chi connectivity index (χ1) is 10.6. The van der Waals surface area contributed by atoms with E-state index in [0.29, 0.717) is 28.1 Å². The number of nitrogens with zero attached hydrogens (tertiary/aromatic N) is 2. The van der Waals surface area contributed by atoms with E-state index in [1.165, 1.54) is 12.1 Å². The summed E-state index contributed by atoms with van der Waals surface area (Å²) in [6.45, 7) is 0. The molecule has 110 valence electrons. The van der Waals surface area contributed by atoms with Gasteiger partial charge in [-0.3, -0.25) is 20.3 Å². The molecule has 0 aliphatic carbocycles. The first-order valence-electron chi connectivity index (χ1n) is 6.25. The highest BCUT2D eigenvalue weighted by Crippen LogP contribution is 2.26. The Labute approximate surface area is 123 Å². The van der Waals surface area contributed by atoms with Crippen LogP contribution in [0.2, 0.25) is 0 Å². The Morgan fingerprint density at radius 3 is 2.59 bits per heavy atom. The van der Waals surface area contributed by atoms with Crippen LogP contribution in [0.4, 0.5) is 5.69 Å². The minimum absolute atomic E-state index is 0.0123. The summed E-state index contributed by atoms with van der Waals surface area (Å²) in [6.07, 6.45) is 0. The third-order valence-corrected chi connectivity index (χ3v) is 3.11. The molecule has 0 radical (unpaired) electrons. The van der Waals surface area contributed by atoms with Crippen molar-refractivity contribution >= 4 is 22.7 Å². The van der Waals surface area contributed by atoms with Gasteiger partial charge in [0.25, 0.3) is 11.6 Å². The highest BCUT2D eigenvalue weighted by molar-refractivity contribution is 5.96. The van der Waals surface area contributed by atoms with Crippen molar-refractivity contribution in [2.75, 3.05) is 0 Å². The smallest absolute Gasteiger partial charge is 0.269 e. The van der Waals surface area contributed by atoms with Crippen LogP contribution in [0.1, 0.15) is 10.4 Å². The minimum atomic E-state index is -0.479. The molecule has 8 nitrogen and oxygen atoms in total. The quantitative estimate of drug-likeness (QED) is 0.330. The third-order valence-electron chi connectivity index (χ3n) is 3.11. The summed E-state index contributed by atoms with van der Waals surface area (Å²) in [5.41, 5.74) is 3.99. The van der Waals surface area contributed by atoms with Crippen LogP contribution in [0.25, 0.3) is 22.6 Å². The van der Waals surface area contributed by atoms with Crippen molar-refractivity contribution in [1.29, 1.82) is 0 Å². The molecule has 0 atom stereocenters. The number of amides is 1. The number of nitro benzene ring substituents is 1. The van der Waals surface area contributed by atoms with Gasteiger partial charge in [0.05, 0.1) is 4.92 Å². The largest absolute Gasteiger partial charge is 0.436 e. The average Bonchev–Trinajstić information content (AvgIpc) is 2.97. The van der Waals surface area contributed by atoms with Gasteiger partial charge in [-0.25, -0.2) is 10.8 Å². The molecule has 0 fully saturated rings. The van der Waals surface area contributed by atoms with Crippen LogP contribution in [-0.4, -0.2) is 15.8 Å². The summed E-state index contributed by atoms with van der Waals surface area (Å²) in [5, 5.41) is 10.6. The zero-order chi connectivity index (χ0) is 15.7. The second-order valence-electron chi connectivity index (χ2n) is 4.48. The maximum absolute atomic E-state index is 11.5. The normalized spacial score (nSPS) is 10.6. The predicted molar refractivity (Wildman–Crippen MR) is 77.8 cm³/mol. The molecule has 3 rings (SSSR count). The number of nitrogen functional groups attached to an aromatic ring is 1. The number of hydrogen-bond donors (Lipinski definition) is 2. The van der Waals surface area contributed by atoms with Crippen LogP contribution in [0.3, 0.4) is 0 Å². The topological polar surface area (TPSA) is 124 Å². The first-order valence-corrected chi connectivity index (χ1v) is 6.25. The maximum atomic E-state index is 11.5. The van der Waals surface area contributed by atoms with Crippen molar-refractivity contribution in [2.45, 2.75) is 0 Å². The fraction of sp³-hybridized carbons (Fsp3) is 0. The second kappa shape index (κ2) is 5.26. The zero-order valence-corrected chi connectivity index (χ0v) is 11.1. The lowest BCUT2D eigenvalue weighted by atomic mass is 10.2. The summed E-state index contributed by atoms with van der Waals surface area (Å²) in [7, 11) is 0. The molecular weight excluding hydrogens is 288 g/mol. The highest BCUT2D eigenvalue weighted by Gasteiger charge is 2.12. The second-order valence-corrected chi connectivity index (χ2v) is 4.48. The van der Waals surface area contributed by atoms with E-state index < -0.39 is 10.8 Å². The van der Waals surface area contributed by atoms with Crippen molar-refractivity contribution in [3.8, 4) is 11.5 Å². The first kappa shape index (κ1) is 13.7. The SMILES string of the molecule is NNC(=O)c1ccc2oc(-c3ccc([N+](=O)[O-])cc3)nc2c1. The number of carbonyl (C=O) groups excluding carboxylic acids is 1. The molecule has 0 saturated heterocycles. The molecule has 0 spiro atoms. The van der Waals surface area contributed by atoms with E-state index in [-0.39, 0.29) is 5.69 Å². The number of fused-ring (bicyclic) bond motifs is 1. The lowest BCUT2D eigenvalue weighted by Gasteiger charge is -1.97. The van der Waals surface area contributed by atoms with Crippen LogP contribution in [0, 0.1) is 10.1 Å². The number of hydrazine groups is 1. The summed E-state index contributed by atoms with van der Waals surface area (Å²) in [6, 6.07) is 10.6. The molecule has 3 aromatic rings. The molecule has 1 aromatic heterocycles. The fourth-order valence-electron chi connectivity index (χ4n) is 2.00. The third kappa shape index (κ3) is 2.38. The molecule has 8 heteroatoms. The molecule has 0 unspecified atom stereocenters. The van der Waals surface area contributed by atoms with E-state index >= 15 is 0 Å². The summed E-state index contributed by atoms with van der Waals surface area (Å²) in [4.78, 5) is 25.9. The van der Waals surface area contributed by atoms with Gasteiger partial charge in [0, 0.05) is 23.3 Å². The van der Waals surface area contributed by atoms with Crippen LogP contribution < -0.4 is 11.3 Å². The van der Waals surface area contributed by atoms with Crippen LogP contribution in [-0.2, 0) is 0 Å². The van der Waals surface area contributed by atoms with Crippen molar-refractivity contribution in [3.05, 3.63) is 58.1 Å². The Hall–Kier alpha value is -3.26. The van der Waals surface area contributed by atoms with Crippen molar-refractivity contribution in [2.24, 2.45) is 5.84 Å². The number of nitrogens with one attached hydrogen (secondary N) is 1. The zero-order valence-electron chi connectivity index (χ0n) is 11.1. The highest BCUT2D eigenvalue weighted by atomic mass is 16.6. The van der Waals surface area contributed by atoms with Crippen molar-refractivity contribution < 1.29 is 14.1 Å². The lowest BCUT2D eigenvalue weighted by Crippen LogP contribution is -2.29. The van der Waals surface area contributed by atoms with Crippen molar-refractivity contribution in [1.82, 2.24) is 10.4 Å². The minimum Gasteiger partial charge on any atom is -0.436 e. The molecule has 0 aliphatic heterocycles. The molecule has 0 bridgehead atoms. The molecule has 22 heavy (non-hydrogen) atoms. The monoisotopic (exact) mass is 298 g/mol. The Morgan fingerprint density at radius 2 is 1.95 bits per heavy atom. The van der Waals surface area contributed by atoms with Gasteiger partial charge >= 0.3 is 0 Å². The van der Waals surface area contributed by atoms with Gasteiger partial charge in [-0.05, 0) is 30.3 Å². The standard InChI is InChI=1S/C14H10N4O4/c15-17-13(19)9-3-6-12-11(7-9)16-14(22-12)8-1-4-10(5-2-8)18(20)21/h1-7H,15H2,(H,17,19). The number of oxazole rings is 1. The van der Waals surface area contributed by atoms with Crippen LogP contribution in [0.5, 0.6) is 0 Å². The number of hydrogen-bond acceptors (Lipinski definition) is 6. The van der Waals surface area contributed by atoms with E-state index in [0.717, 1.165) is 0 Å². The Bertz CT molecular complexity index is 870. The number of nitro groups is 1. The van der Waals surface area contributed by atoms with Gasteiger partial charge in [0.15, 0.2) is 5.58 Å². The van der Waals surface area contributed by atoms with Gasteiger partial charge in [-0.2, -0.15) is 0 Å². The summed E-state index contributed by atoms with van der Waals surface area (Å²) in [5.74, 6) is 4.97. The predicted octanol–water partition coefficient (Wildman–Crippen LogP) is 2.01. The van der Waals surface area contributed by atoms with Gasteiger partial charge < -0.3 is 4.42 Å². The van der Waals surface area contributed by atoms with Gasteiger partial charge in [-0.15, -0.1) is 0 Å². The maximum Gasteiger partial charge on any atom is 0.269 e. The molecule has 1 heterocycles. The molecule has 2 aromatic carbocycles. The molecule has 3 N–H and O–H groups in total. The van der Waals surface area contributed by atoms with E-state index in [9.17, 15) is 14.9 Å². The van der Waals surface area contributed by atoms with Gasteiger partial charge in [0.1, 0.15) is 5.52 Å². The lowest BCUT2D eigenvalue weighted by molar-refractivity contribution is -0.384. The van der Waals surface area contributed by atoms with E-state index in [2.05, 4.69) is 4.98 Å². The number of rotatable bonds is 3. The van der Waals surface area contributed by atoms with E-state index in [1.807, 2.05) is 5.43 Å². The number of non-ortho nitro benzene ring substituents is 1. The molecule has 0 saturated carbocycles. The van der Waals surface area contributed by atoms with E-state index in [1.54, 1.807) is 30.3 Å². The number of carbonyl (C=O) groups is 1. The number of nitrogens with two attached hydrogens (primary N) is 1. The summed E-state index contributed by atoms with van der Waals surface area (Å²) >= 11 is 0. The number of aromatic nitrogens is 1. The Balaban J connectivity index is 2.01. The molecule has 0 aliphatic rings. The number of benzene rings is 2. The van der Waals surface area contributed by atoms with Crippen LogP contribution >= 0.6 is 0 Å².